The monoisotopic (exact) mass is 864 g/mol. The number of sulfone groups is 1. The van der Waals surface area contributed by atoms with Crippen LogP contribution in [0.25, 0.3) is 16.5 Å². The number of benzene rings is 4. The van der Waals surface area contributed by atoms with Crippen LogP contribution in [0, 0.1) is 21.4 Å². The maximum absolute atomic E-state index is 14.0. The van der Waals surface area contributed by atoms with Crippen molar-refractivity contribution < 1.29 is 27.6 Å². The van der Waals surface area contributed by atoms with Crippen LogP contribution in [0.15, 0.2) is 102 Å². The van der Waals surface area contributed by atoms with Gasteiger partial charge in [-0.15, -0.1) is 0 Å². The van der Waals surface area contributed by atoms with E-state index in [2.05, 4.69) is 40.8 Å². The highest BCUT2D eigenvalue weighted by atomic mass is 35.5. The van der Waals surface area contributed by atoms with E-state index in [1.54, 1.807) is 6.07 Å². The molecule has 0 amide bonds. The van der Waals surface area contributed by atoms with Gasteiger partial charge in [-0.25, -0.2) is 8.42 Å². The lowest BCUT2D eigenvalue weighted by Crippen LogP contribution is -2.47. The number of H-pyrrole nitrogens is 1. The fraction of sp³-hybridized carbons (Fsp3) is 0.396. The molecule has 0 radical (unpaired) electrons. The molecule has 13 heteroatoms. The maximum atomic E-state index is 14.0. The molecule has 0 saturated carbocycles. The van der Waals surface area contributed by atoms with Gasteiger partial charge in [-0.2, -0.15) is 0 Å². The van der Waals surface area contributed by atoms with Crippen molar-refractivity contribution in [3.63, 3.8) is 0 Å². The highest BCUT2D eigenvalue weighted by Gasteiger charge is 2.31. The lowest BCUT2D eigenvalue weighted by Gasteiger charge is -2.39. The number of anilines is 1. The van der Waals surface area contributed by atoms with Crippen LogP contribution in [0.1, 0.15) is 73.9 Å². The number of hydrogen-bond acceptors (Lipinski definition) is 9. The number of carbonyl (C=O) groups is 1. The van der Waals surface area contributed by atoms with Gasteiger partial charge in [0.05, 0.1) is 15.4 Å². The molecule has 1 aliphatic carbocycles. The Morgan fingerprint density at radius 1 is 0.967 bits per heavy atom. The molecule has 0 atom stereocenters. The van der Waals surface area contributed by atoms with Gasteiger partial charge in [0.1, 0.15) is 17.3 Å². The van der Waals surface area contributed by atoms with E-state index >= 15 is 0 Å². The van der Waals surface area contributed by atoms with Gasteiger partial charge in [-0.05, 0) is 121 Å². The SMILES string of the molecule is CC1(C)CCC(CN2CCN(c3ccc(C(=O)CS(=O)(=O)c4ccc(CCC5CCOCC5)c([N+](=O)[O-])c4)c(Oc4ccc5cc[nH]c5c4)c3)CC2)=C(c2ccc(Cl)cc2)C1. The van der Waals surface area contributed by atoms with E-state index in [1.165, 1.54) is 28.8 Å². The molecule has 0 unspecified atom stereocenters. The van der Waals surface area contributed by atoms with Crippen LogP contribution >= 0.6 is 11.6 Å². The van der Waals surface area contributed by atoms with E-state index in [1.807, 2.05) is 54.7 Å². The fourth-order valence-corrected chi connectivity index (χ4v) is 10.3. The third kappa shape index (κ3) is 10.2. The molecule has 0 spiro atoms. The second-order valence-electron chi connectivity index (χ2n) is 17.5. The van der Waals surface area contributed by atoms with Crippen LogP contribution in [0.2, 0.25) is 5.02 Å². The topological polar surface area (TPSA) is 135 Å². The van der Waals surface area contributed by atoms with Gasteiger partial charge in [-0.3, -0.25) is 19.8 Å². The molecule has 0 bridgehead atoms. The molecule has 320 valence electrons. The third-order valence-corrected chi connectivity index (χ3v) is 14.5. The number of piperazine rings is 1. The summed E-state index contributed by atoms with van der Waals surface area (Å²) in [5.74, 6) is -0.414. The molecular formula is C48H53ClN4O7S. The number of fused-ring (bicyclic) bond motifs is 1. The molecule has 11 nitrogen and oxygen atoms in total. The van der Waals surface area contributed by atoms with Crippen molar-refractivity contribution in [3.05, 3.63) is 129 Å². The number of allylic oxidation sites excluding steroid dienone is 1. The van der Waals surface area contributed by atoms with Crippen molar-refractivity contribution in [3.8, 4) is 11.5 Å². The standard InChI is InChI=1S/C48H53ClN4O7S/c1-48(2)19-15-37(43(30-48)34-5-9-38(49)10-6-34)31-51-21-23-52(24-22-51)39-11-14-42(47(27-39)60-40-12-7-35-16-20-50-44(35)28-40)46(54)32-61(57,58)41-13-8-36(45(29-41)53(55)56)4-3-33-17-25-59-26-18-33/h5-14,16,20,27-29,33,50H,3-4,15,17-19,21-26,30-32H2,1-2H3. The van der Waals surface area contributed by atoms with E-state index in [0.717, 1.165) is 98.9 Å². The van der Waals surface area contributed by atoms with E-state index in [-0.39, 0.29) is 27.3 Å². The zero-order valence-electron chi connectivity index (χ0n) is 34.8. The second kappa shape index (κ2) is 18.1. The number of nitrogens with zero attached hydrogens (tertiary/aromatic N) is 3. The number of halogens is 1. The minimum absolute atomic E-state index is 0.113. The first-order chi connectivity index (χ1) is 29.3. The maximum Gasteiger partial charge on any atom is 0.273 e. The Balaban J connectivity index is 1.00. The fourth-order valence-electron chi connectivity index (χ4n) is 8.98. The molecule has 5 aromatic rings. The van der Waals surface area contributed by atoms with Crippen LogP contribution in [0.4, 0.5) is 11.4 Å². The predicted octanol–water partition coefficient (Wildman–Crippen LogP) is 10.3. The second-order valence-corrected chi connectivity index (χ2v) is 20.0. The summed E-state index contributed by atoms with van der Waals surface area (Å²) >= 11 is 6.25. The first-order valence-electron chi connectivity index (χ1n) is 21.2. The number of aromatic amines is 1. The minimum atomic E-state index is -4.26. The van der Waals surface area contributed by atoms with Crippen molar-refractivity contribution in [2.24, 2.45) is 11.3 Å². The molecule has 1 aromatic heterocycles. The van der Waals surface area contributed by atoms with Crippen LogP contribution in [-0.4, -0.2) is 80.7 Å². The number of hydrogen-bond donors (Lipinski definition) is 1. The molecule has 2 saturated heterocycles. The van der Waals surface area contributed by atoms with Crippen LogP contribution in [0.3, 0.4) is 0 Å². The number of Topliss-reactive ketones (excluding diaryl/α,β-unsaturated/α-hetero) is 1. The molecular weight excluding hydrogens is 812 g/mol. The van der Waals surface area contributed by atoms with E-state index in [9.17, 15) is 23.3 Å². The highest BCUT2D eigenvalue weighted by Crippen LogP contribution is 2.43. The number of rotatable bonds is 14. The number of nitro groups is 1. The Morgan fingerprint density at radius 3 is 2.49 bits per heavy atom. The number of ether oxygens (including phenoxy) is 2. The molecule has 3 aliphatic rings. The first-order valence-corrected chi connectivity index (χ1v) is 23.3. The van der Waals surface area contributed by atoms with Gasteiger partial charge in [-0.1, -0.05) is 49.2 Å². The largest absolute Gasteiger partial charge is 0.456 e. The number of nitro benzene ring substituents is 1. The van der Waals surface area contributed by atoms with Gasteiger partial charge in [0.25, 0.3) is 5.69 Å². The van der Waals surface area contributed by atoms with Gasteiger partial charge < -0.3 is 19.4 Å². The van der Waals surface area contributed by atoms with Gasteiger partial charge in [0.15, 0.2) is 15.6 Å². The molecule has 2 aliphatic heterocycles. The summed E-state index contributed by atoms with van der Waals surface area (Å²) in [4.78, 5) is 33.3. The Labute approximate surface area is 362 Å². The number of ketones is 1. The highest BCUT2D eigenvalue weighted by molar-refractivity contribution is 7.92. The summed E-state index contributed by atoms with van der Waals surface area (Å²) in [6.45, 7) is 10.2. The molecule has 8 rings (SSSR count). The quantitative estimate of drug-likeness (QED) is 0.0657. The number of nitrogens with one attached hydrogen (secondary N) is 1. The first kappa shape index (κ1) is 42.7. The average molecular weight is 865 g/mol. The van der Waals surface area contributed by atoms with Crippen molar-refractivity contribution in [1.29, 1.82) is 0 Å². The van der Waals surface area contributed by atoms with Gasteiger partial charge >= 0.3 is 0 Å². The lowest BCUT2D eigenvalue weighted by molar-refractivity contribution is -0.385. The summed E-state index contributed by atoms with van der Waals surface area (Å²) in [5, 5.41) is 13.9. The van der Waals surface area contributed by atoms with Crippen molar-refractivity contribution >= 4 is 55.1 Å². The summed E-state index contributed by atoms with van der Waals surface area (Å²) in [7, 11) is -4.26. The van der Waals surface area contributed by atoms with Crippen molar-refractivity contribution in [1.82, 2.24) is 9.88 Å². The number of aromatic nitrogens is 1. The van der Waals surface area contributed by atoms with E-state index < -0.39 is 26.3 Å². The molecule has 3 heterocycles. The van der Waals surface area contributed by atoms with Crippen molar-refractivity contribution in [2.75, 3.05) is 56.6 Å². The Hall–Kier alpha value is -5.01. The molecule has 1 N–H and O–H groups in total. The van der Waals surface area contributed by atoms with E-state index in [4.69, 9.17) is 21.1 Å². The predicted molar refractivity (Wildman–Crippen MR) is 241 cm³/mol. The van der Waals surface area contributed by atoms with Gasteiger partial charge in [0.2, 0.25) is 0 Å². The number of aryl methyl sites for hydroxylation is 1. The lowest BCUT2D eigenvalue weighted by atomic mass is 9.72. The average Bonchev–Trinajstić information content (AvgIpc) is 3.72. The van der Waals surface area contributed by atoms with Crippen molar-refractivity contribution in [2.45, 2.75) is 63.7 Å². The normalized spacial score (nSPS) is 17.8. The van der Waals surface area contributed by atoms with E-state index in [0.29, 0.717) is 36.9 Å². The van der Waals surface area contributed by atoms with Crippen LogP contribution in [0.5, 0.6) is 11.5 Å². The van der Waals surface area contributed by atoms with Crippen LogP contribution in [-0.2, 0) is 21.0 Å². The Kier molecular flexibility index (Phi) is 12.7. The molecule has 2 fully saturated rings. The minimum Gasteiger partial charge on any atom is -0.456 e. The summed E-state index contributed by atoms with van der Waals surface area (Å²) in [5.41, 5.74) is 6.44. The summed E-state index contributed by atoms with van der Waals surface area (Å²) < 4.78 is 39.5. The zero-order chi connectivity index (χ0) is 42.7. The smallest absolute Gasteiger partial charge is 0.273 e. The Morgan fingerprint density at radius 2 is 1.74 bits per heavy atom. The molecule has 61 heavy (non-hydrogen) atoms. The van der Waals surface area contributed by atoms with Crippen LogP contribution < -0.4 is 9.64 Å². The number of carbonyl (C=O) groups excluding carboxylic acids is 1. The summed E-state index contributed by atoms with van der Waals surface area (Å²) in [6, 6.07) is 25.0. The molecule has 4 aromatic carbocycles. The third-order valence-electron chi connectivity index (χ3n) is 12.6. The van der Waals surface area contributed by atoms with Gasteiger partial charge in [0, 0.05) is 92.1 Å². The Bertz CT molecular complexity index is 2550. The summed E-state index contributed by atoms with van der Waals surface area (Å²) in [6.07, 6.45) is 8.08. The zero-order valence-corrected chi connectivity index (χ0v) is 36.4.